The van der Waals surface area contributed by atoms with Gasteiger partial charge in [0.1, 0.15) is 0 Å². The van der Waals surface area contributed by atoms with Crippen molar-refractivity contribution in [2.24, 2.45) is 0 Å². The van der Waals surface area contributed by atoms with E-state index >= 15 is 0 Å². The predicted molar refractivity (Wildman–Crippen MR) is 326 cm³/mol. The van der Waals surface area contributed by atoms with E-state index in [1.807, 2.05) is 0 Å². The molecule has 0 atom stereocenters. The molecule has 0 N–H and O–H groups in total. The monoisotopic (exact) mass is 1000 g/mol. The van der Waals surface area contributed by atoms with E-state index in [-0.39, 0.29) is 39.2 Å². The molecule has 12 rings (SSSR count). The summed E-state index contributed by atoms with van der Waals surface area (Å²) in [7, 11) is 0. The Morgan fingerprint density at radius 3 is 1.57 bits per heavy atom. The number of para-hydroxylation sites is 2. The molecule has 1 aromatic heterocycles. The molecule has 0 unspecified atom stereocenters. The van der Waals surface area contributed by atoms with Crippen LogP contribution in [0.1, 0.15) is 155 Å². The molecule has 4 aliphatic rings. The third-order valence-electron chi connectivity index (χ3n) is 17.9. The molecule has 0 saturated heterocycles. The van der Waals surface area contributed by atoms with Gasteiger partial charge in [-0.15, -0.1) is 0 Å². The van der Waals surface area contributed by atoms with E-state index in [0.29, 0.717) is 0 Å². The second-order valence-electron chi connectivity index (χ2n) is 27.1. The van der Waals surface area contributed by atoms with Crippen LogP contribution in [-0.2, 0) is 32.5 Å². The average Bonchev–Trinajstić information content (AvgIpc) is 3.88. The molecule has 2 aliphatic heterocycles. The summed E-state index contributed by atoms with van der Waals surface area (Å²) in [5.74, 6) is 0. The van der Waals surface area contributed by atoms with Crippen molar-refractivity contribution < 1.29 is 0 Å². The first-order valence-electron chi connectivity index (χ1n) is 27.8. The number of fused-ring (bicyclic) bond motifs is 8. The summed E-state index contributed by atoms with van der Waals surface area (Å²) >= 11 is 2.13. The van der Waals surface area contributed by atoms with Gasteiger partial charge in [-0.05, 0) is 163 Å². The zero-order valence-corrected chi connectivity index (χ0v) is 48.0. The normalized spacial score (nSPS) is 17.6. The standard InChI is InChI=1S/C70H76BN3S/c1-65(2,3)46-30-33-50(34-31-46)73-56-43-51(72(48-26-20-16-21-27-48)49-28-22-17-23-29-49)44-57-60(56)71(54-36-35-53-58(61(54)73)68(9,10)39-38-67(53,7)8)64-62(59-63(75-64)70(13,14)41-40-69(59,11)12)74(57)55-37-32-47(66(4,5)6)42-52(55)45-24-18-15-19-25-45/h15-37,42-44H,38-41H2,1-14H3. The Kier molecular flexibility index (Phi) is 11.3. The number of rotatable bonds is 6. The van der Waals surface area contributed by atoms with Gasteiger partial charge >= 0.3 is 0 Å². The maximum atomic E-state index is 2.78. The number of benzene rings is 7. The van der Waals surface area contributed by atoms with E-state index in [9.17, 15) is 0 Å². The zero-order valence-electron chi connectivity index (χ0n) is 47.2. The smallest absolute Gasteiger partial charge is 0.264 e. The summed E-state index contributed by atoms with van der Waals surface area (Å²) in [5.41, 5.74) is 23.4. The van der Waals surface area contributed by atoms with E-state index in [2.05, 4.69) is 281 Å². The molecule has 380 valence electrons. The van der Waals surface area contributed by atoms with E-state index in [4.69, 9.17) is 0 Å². The molecule has 8 aromatic rings. The first-order chi connectivity index (χ1) is 35.5. The van der Waals surface area contributed by atoms with Gasteiger partial charge in [0.2, 0.25) is 0 Å². The largest absolute Gasteiger partial charge is 0.311 e. The SMILES string of the molecule is CC(C)(C)c1ccc(N2c3cc(N(c4ccccc4)c4ccccc4)cc4c3B(c3ccc5c(c32)C(C)(C)CCC5(C)C)c2sc3c(c2N4c2ccc(C(C)(C)C)cc2-c2ccccc2)C(C)(C)CCC3(C)C)cc1. The van der Waals surface area contributed by atoms with Crippen LogP contribution in [0.25, 0.3) is 11.1 Å². The Labute approximate surface area is 453 Å². The van der Waals surface area contributed by atoms with Crippen molar-refractivity contribution in [1.82, 2.24) is 0 Å². The number of anilines is 9. The van der Waals surface area contributed by atoms with Gasteiger partial charge in [-0.3, -0.25) is 0 Å². The van der Waals surface area contributed by atoms with Crippen molar-refractivity contribution in [3.8, 4) is 11.1 Å². The molecule has 2 aliphatic carbocycles. The summed E-state index contributed by atoms with van der Waals surface area (Å²) in [6.45, 7) is 34.2. The number of hydrogen-bond acceptors (Lipinski definition) is 4. The molecule has 0 amide bonds. The van der Waals surface area contributed by atoms with Crippen molar-refractivity contribution in [2.75, 3.05) is 14.7 Å². The van der Waals surface area contributed by atoms with E-state index in [1.54, 1.807) is 4.88 Å². The number of thiophene rings is 1. The molecule has 0 bridgehead atoms. The second-order valence-corrected chi connectivity index (χ2v) is 28.2. The lowest BCUT2D eigenvalue weighted by Crippen LogP contribution is -2.61. The summed E-state index contributed by atoms with van der Waals surface area (Å²) in [6, 6.07) is 60.7. The lowest BCUT2D eigenvalue weighted by molar-refractivity contribution is 0.333. The van der Waals surface area contributed by atoms with Gasteiger partial charge in [0.25, 0.3) is 6.71 Å². The van der Waals surface area contributed by atoms with Gasteiger partial charge in [-0.1, -0.05) is 194 Å². The molecule has 3 heterocycles. The van der Waals surface area contributed by atoms with E-state index in [0.717, 1.165) is 42.7 Å². The summed E-state index contributed by atoms with van der Waals surface area (Å²) in [6.07, 6.45) is 4.56. The highest BCUT2D eigenvalue weighted by Gasteiger charge is 2.53. The average molecular weight is 1000 g/mol. The highest BCUT2D eigenvalue weighted by Crippen LogP contribution is 2.60. The van der Waals surface area contributed by atoms with Crippen LogP contribution >= 0.6 is 11.3 Å². The van der Waals surface area contributed by atoms with E-state index < -0.39 is 0 Å². The third kappa shape index (κ3) is 7.95. The summed E-state index contributed by atoms with van der Waals surface area (Å²) in [5, 5.41) is 0. The van der Waals surface area contributed by atoms with Crippen LogP contribution in [-0.4, -0.2) is 6.71 Å². The Hall–Kier alpha value is -6.30. The molecule has 5 heteroatoms. The van der Waals surface area contributed by atoms with Crippen molar-refractivity contribution in [2.45, 2.75) is 155 Å². The Bertz CT molecular complexity index is 3470. The minimum absolute atomic E-state index is 0.000314. The predicted octanol–water partition coefficient (Wildman–Crippen LogP) is 18.3. The van der Waals surface area contributed by atoms with Crippen molar-refractivity contribution in [3.05, 3.63) is 190 Å². The van der Waals surface area contributed by atoms with E-state index in [1.165, 1.54) is 88.8 Å². The van der Waals surface area contributed by atoms with Crippen LogP contribution < -0.4 is 30.4 Å². The van der Waals surface area contributed by atoms with Gasteiger partial charge in [0, 0.05) is 49.3 Å². The molecule has 75 heavy (non-hydrogen) atoms. The minimum Gasteiger partial charge on any atom is -0.311 e. The Morgan fingerprint density at radius 2 is 0.987 bits per heavy atom. The highest BCUT2D eigenvalue weighted by atomic mass is 32.1. The first-order valence-corrected chi connectivity index (χ1v) is 28.6. The summed E-state index contributed by atoms with van der Waals surface area (Å²) < 4.78 is 1.48. The lowest BCUT2D eigenvalue weighted by Gasteiger charge is -2.50. The molecular weight excluding hydrogens is 926 g/mol. The molecule has 7 aromatic carbocycles. The zero-order chi connectivity index (χ0) is 52.8. The molecule has 3 nitrogen and oxygen atoms in total. The quantitative estimate of drug-likeness (QED) is 0.154. The van der Waals surface area contributed by atoms with Crippen LogP contribution in [0.4, 0.5) is 51.2 Å². The van der Waals surface area contributed by atoms with Crippen LogP contribution in [0.3, 0.4) is 0 Å². The van der Waals surface area contributed by atoms with Crippen LogP contribution in [0.5, 0.6) is 0 Å². The molecule has 0 saturated carbocycles. The number of nitrogens with zero attached hydrogens (tertiary/aromatic N) is 3. The van der Waals surface area contributed by atoms with Crippen molar-refractivity contribution >= 4 is 84.9 Å². The second kappa shape index (κ2) is 17.1. The fraction of sp³-hybridized carbons (Fsp3) is 0.343. The number of hydrogen-bond donors (Lipinski definition) is 0. The molecular formula is C70H76BN3S. The van der Waals surface area contributed by atoms with Crippen molar-refractivity contribution in [1.29, 1.82) is 0 Å². The fourth-order valence-electron chi connectivity index (χ4n) is 13.4. The minimum atomic E-state index is -0.0700. The van der Waals surface area contributed by atoms with Gasteiger partial charge in [-0.2, -0.15) is 11.3 Å². The molecule has 0 fully saturated rings. The molecule has 0 spiro atoms. The highest BCUT2D eigenvalue weighted by molar-refractivity contribution is 7.29. The first kappa shape index (κ1) is 49.6. The van der Waals surface area contributed by atoms with Gasteiger partial charge in [0.05, 0.1) is 17.1 Å². The van der Waals surface area contributed by atoms with Gasteiger partial charge < -0.3 is 14.7 Å². The van der Waals surface area contributed by atoms with Crippen LogP contribution in [0.15, 0.2) is 158 Å². The molecule has 0 radical (unpaired) electrons. The van der Waals surface area contributed by atoms with Crippen LogP contribution in [0.2, 0.25) is 0 Å². The van der Waals surface area contributed by atoms with Gasteiger partial charge in [0.15, 0.2) is 0 Å². The topological polar surface area (TPSA) is 9.72 Å². The van der Waals surface area contributed by atoms with Gasteiger partial charge in [-0.25, -0.2) is 0 Å². The fourth-order valence-corrected chi connectivity index (χ4v) is 15.1. The maximum Gasteiger partial charge on any atom is 0.264 e. The lowest BCUT2D eigenvalue weighted by atomic mass is 9.35. The maximum absolute atomic E-state index is 2.78. The summed E-state index contributed by atoms with van der Waals surface area (Å²) in [4.78, 5) is 9.57. The third-order valence-corrected chi connectivity index (χ3v) is 19.6. The van der Waals surface area contributed by atoms with Crippen molar-refractivity contribution in [3.63, 3.8) is 0 Å². The Balaban J connectivity index is 1.29. The Morgan fingerprint density at radius 1 is 0.467 bits per heavy atom. The van der Waals surface area contributed by atoms with Crippen LogP contribution in [0, 0.1) is 0 Å².